The van der Waals surface area contributed by atoms with Gasteiger partial charge in [0.05, 0.1) is 6.61 Å². The number of hydrogen-bond donors (Lipinski definition) is 0. The first-order valence-corrected chi connectivity index (χ1v) is 5.46. The lowest BCUT2D eigenvalue weighted by Crippen LogP contribution is -2.43. The van der Waals surface area contributed by atoms with Gasteiger partial charge in [-0.25, -0.2) is 0 Å². The van der Waals surface area contributed by atoms with Gasteiger partial charge in [-0.1, -0.05) is 13.8 Å². The molecule has 0 aliphatic carbocycles. The fourth-order valence-electron chi connectivity index (χ4n) is 1.45. The molecular formula is C11H23NO2. The predicted octanol–water partition coefficient (Wildman–Crippen LogP) is 2.06. The van der Waals surface area contributed by atoms with E-state index in [0.29, 0.717) is 12.6 Å². The van der Waals surface area contributed by atoms with Crippen LogP contribution in [0.2, 0.25) is 0 Å². The fourth-order valence-corrected chi connectivity index (χ4v) is 1.45. The average molecular weight is 201 g/mol. The Morgan fingerprint density at radius 2 is 1.86 bits per heavy atom. The summed E-state index contributed by atoms with van der Waals surface area (Å²) in [6, 6.07) is 0.328. The Morgan fingerprint density at radius 3 is 2.21 bits per heavy atom. The monoisotopic (exact) mass is 201 g/mol. The van der Waals surface area contributed by atoms with Crippen molar-refractivity contribution in [2.75, 3.05) is 13.7 Å². The normalized spacial score (nSPS) is 15.3. The molecule has 0 spiro atoms. The lowest BCUT2D eigenvalue weighted by Gasteiger charge is -2.30. The van der Waals surface area contributed by atoms with Crippen molar-refractivity contribution in [3.8, 4) is 0 Å². The van der Waals surface area contributed by atoms with Crippen molar-refractivity contribution in [2.24, 2.45) is 0 Å². The molecule has 0 radical (unpaired) electrons. The molecule has 0 rings (SSSR count). The van der Waals surface area contributed by atoms with E-state index < -0.39 is 0 Å². The molecule has 0 bridgehead atoms. The molecule has 0 aliphatic rings. The highest BCUT2D eigenvalue weighted by atomic mass is 16.5. The third-order valence-corrected chi connectivity index (χ3v) is 2.72. The van der Waals surface area contributed by atoms with E-state index in [2.05, 4.69) is 18.7 Å². The summed E-state index contributed by atoms with van der Waals surface area (Å²) in [4.78, 5) is 13.7. The molecule has 0 aromatic carbocycles. The summed E-state index contributed by atoms with van der Waals surface area (Å²) >= 11 is 0. The average Bonchev–Trinajstić information content (AvgIpc) is 2.18. The highest BCUT2D eigenvalue weighted by Gasteiger charge is 2.24. The first-order valence-electron chi connectivity index (χ1n) is 5.46. The maximum atomic E-state index is 11.6. The van der Waals surface area contributed by atoms with E-state index in [0.717, 1.165) is 12.8 Å². The number of ether oxygens (including phenoxy) is 1. The molecule has 0 aromatic rings. The number of nitrogens with zero attached hydrogens (tertiary/aromatic N) is 1. The third kappa shape index (κ3) is 3.66. The van der Waals surface area contributed by atoms with Gasteiger partial charge in [0.25, 0.3) is 0 Å². The number of carbonyl (C=O) groups excluding carboxylic acids is 1. The number of rotatable bonds is 6. The van der Waals surface area contributed by atoms with Crippen molar-refractivity contribution in [3.63, 3.8) is 0 Å². The Balaban J connectivity index is 4.31. The van der Waals surface area contributed by atoms with E-state index in [9.17, 15) is 4.79 Å². The molecule has 0 N–H and O–H groups in total. The van der Waals surface area contributed by atoms with Crippen molar-refractivity contribution < 1.29 is 9.53 Å². The Kier molecular flexibility index (Phi) is 6.54. The standard InChI is InChI=1S/C11H23NO2/c1-6-9(4)12(5)10(7-2)11(13)14-8-3/h9-10H,6-8H2,1-5H3. The molecule has 2 unspecified atom stereocenters. The van der Waals surface area contributed by atoms with Gasteiger partial charge in [-0.2, -0.15) is 0 Å². The van der Waals surface area contributed by atoms with Crippen LogP contribution in [0.3, 0.4) is 0 Å². The summed E-state index contributed by atoms with van der Waals surface area (Å²) in [5, 5.41) is 0. The van der Waals surface area contributed by atoms with E-state index >= 15 is 0 Å². The Hall–Kier alpha value is -0.570. The lowest BCUT2D eigenvalue weighted by atomic mass is 10.1. The van der Waals surface area contributed by atoms with E-state index in [1.165, 1.54) is 0 Å². The van der Waals surface area contributed by atoms with Crippen molar-refractivity contribution in [1.82, 2.24) is 4.90 Å². The maximum absolute atomic E-state index is 11.6. The molecular weight excluding hydrogens is 178 g/mol. The minimum absolute atomic E-state index is 0.0927. The van der Waals surface area contributed by atoms with Crippen LogP contribution in [0.4, 0.5) is 0 Å². The molecule has 0 aliphatic heterocycles. The van der Waals surface area contributed by atoms with E-state index in [-0.39, 0.29) is 12.0 Å². The summed E-state index contributed by atoms with van der Waals surface area (Å²) in [5.41, 5.74) is 0. The molecule has 0 saturated carbocycles. The largest absolute Gasteiger partial charge is 0.465 e. The summed E-state index contributed by atoms with van der Waals surface area (Å²) in [6.07, 6.45) is 1.85. The van der Waals surface area contributed by atoms with Gasteiger partial charge in [0, 0.05) is 6.04 Å². The molecule has 0 amide bonds. The van der Waals surface area contributed by atoms with Crippen LogP contribution in [0.1, 0.15) is 40.5 Å². The minimum Gasteiger partial charge on any atom is -0.465 e. The molecule has 3 nitrogen and oxygen atoms in total. The zero-order valence-electron chi connectivity index (χ0n) is 10.0. The van der Waals surface area contributed by atoms with Gasteiger partial charge in [0.15, 0.2) is 0 Å². The minimum atomic E-state index is -0.0993. The second kappa shape index (κ2) is 6.82. The van der Waals surface area contributed by atoms with Crippen LogP contribution in [-0.2, 0) is 9.53 Å². The number of esters is 1. The zero-order valence-corrected chi connectivity index (χ0v) is 10.0. The van der Waals surface area contributed by atoms with Crippen molar-refractivity contribution in [1.29, 1.82) is 0 Å². The first kappa shape index (κ1) is 13.4. The van der Waals surface area contributed by atoms with Crippen LogP contribution in [-0.4, -0.2) is 36.6 Å². The van der Waals surface area contributed by atoms with Crippen LogP contribution >= 0.6 is 0 Å². The van der Waals surface area contributed by atoms with E-state index in [4.69, 9.17) is 4.74 Å². The number of likely N-dealkylation sites (N-methyl/N-ethyl adjacent to an activating group) is 1. The lowest BCUT2D eigenvalue weighted by molar-refractivity contribution is -0.150. The van der Waals surface area contributed by atoms with Gasteiger partial charge in [-0.15, -0.1) is 0 Å². The molecule has 0 heterocycles. The quantitative estimate of drug-likeness (QED) is 0.616. The Labute approximate surface area is 87.4 Å². The second-order valence-corrected chi connectivity index (χ2v) is 3.60. The van der Waals surface area contributed by atoms with E-state index in [1.54, 1.807) is 0 Å². The topological polar surface area (TPSA) is 29.5 Å². The highest BCUT2D eigenvalue weighted by molar-refractivity contribution is 5.75. The first-order chi connectivity index (χ1) is 6.58. The molecule has 0 saturated heterocycles. The molecule has 3 heteroatoms. The predicted molar refractivity (Wildman–Crippen MR) is 58.2 cm³/mol. The molecule has 84 valence electrons. The van der Waals surface area contributed by atoms with Crippen LogP contribution in [0, 0.1) is 0 Å². The SMILES string of the molecule is CCOC(=O)C(CC)N(C)C(C)CC. The van der Waals surface area contributed by atoms with Gasteiger partial charge < -0.3 is 4.74 Å². The highest BCUT2D eigenvalue weighted by Crippen LogP contribution is 2.10. The molecule has 14 heavy (non-hydrogen) atoms. The summed E-state index contributed by atoms with van der Waals surface area (Å²) in [5.74, 6) is -0.0993. The fraction of sp³-hybridized carbons (Fsp3) is 0.909. The number of carbonyl (C=O) groups is 1. The summed E-state index contributed by atoms with van der Waals surface area (Å²) in [7, 11) is 1.99. The summed E-state index contributed by atoms with van der Waals surface area (Å²) < 4.78 is 5.03. The number of hydrogen-bond acceptors (Lipinski definition) is 3. The smallest absolute Gasteiger partial charge is 0.323 e. The Morgan fingerprint density at radius 1 is 1.29 bits per heavy atom. The Bertz CT molecular complexity index is 171. The molecule has 0 aromatic heterocycles. The van der Waals surface area contributed by atoms with Crippen molar-refractivity contribution in [2.45, 2.75) is 52.6 Å². The van der Waals surface area contributed by atoms with Crippen LogP contribution in [0.25, 0.3) is 0 Å². The molecule has 0 fully saturated rings. The van der Waals surface area contributed by atoms with Gasteiger partial charge in [0.2, 0.25) is 0 Å². The van der Waals surface area contributed by atoms with Crippen LogP contribution < -0.4 is 0 Å². The second-order valence-electron chi connectivity index (χ2n) is 3.60. The van der Waals surface area contributed by atoms with Gasteiger partial charge in [-0.3, -0.25) is 9.69 Å². The zero-order chi connectivity index (χ0) is 11.1. The van der Waals surface area contributed by atoms with Crippen molar-refractivity contribution in [3.05, 3.63) is 0 Å². The molecule has 2 atom stereocenters. The van der Waals surface area contributed by atoms with Crippen LogP contribution in [0.5, 0.6) is 0 Å². The maximum Gasteiger partial charge on any atom is 0.323 e. The van der Waals surface area contributed by atoms with Crippen LogP contribution in [0.15, 0.2) is 0 Å². The van der Waals surface area contributed by atoms with Crippen molar-refractivity contribution >= 4 is 5.97 Å². The van der Waals surface area contributed by atoms with Gasteiger partial charge in [-0.05, 0) is 33.7 Å². The third-order valence-electron chi connectivity index (χ3n) is 2.72. The summed E-state index contributed by atoms with van der Waals surface area (Å²) in [6.45, 7) is 8.57. The van der Waals surface area contributed by atoms with Gasteiger partial charge >= 0.3 is 5.97 Å². The van der Waals surface area contributed by atoms with Gasteiger partial charge in [0.1, 0.15) is 6.04 Å². The van der Waals surface area contributed by atoms with E-state index in [1.807, 2.05) is 20.9 Å².